The first-order valence-corrected chi connectivity index (χ1v) is 9.80. The van der Waals surface area contributed by atoms with E-state index in [0.717, 1.165) is 19.6 Å². The molecule has 6 heteroatoms. The Morgan fingerprint density at radius 2 is 1.95 bits per heavy atom. The predicted molar refractivity (Wildman–Crippen MR) is 88.7 cm³/mol. The molecule has 0 amide bonds. The van der Waals surface area contributed by atoms with Crippen molar-refractivity contribution in [1.82, 2.24) is 4.31 Å². The van der Waals surface area contributed by atoms with Gasteiger partial charge in [0.25, 0.3) is 10.0 Å². The summed E-state index contributed by atoms with van der Waals surface area (Å²) >= 11 is 1.29. The molecule has 1 saturated heterocycles. The highest BCUT2D eigenvalue weighted by Crippen LogP contribution is 2.20. The van der Waals surface area contributed by atoms with Crippen molar-refractivity contribution in [1.29, 1.82) is 0 Å². The predicted octanol–water partition coefficient (Wildman–Crippen LogP) is 1.15. The fourth-order valence-corrected chi connectivity index (χ4v) is 5.45. The average molecular weight is 337 g/mol. The normalized spacial score (nSPS) is 17.7. The second-order valence-electron chi connectivity index (χ2n) is 5.75. The quantitative estimate of drug-likeness (QED) is 0.909. The lowest BCUT2D eigenvalue weighted by atomic mass is 10.1. The Labute approximate surface area is 136 Å². The van der Waals surface area contributed by atoms with E-state index >= 15 is 0 Å². The lowest BCUT2D eigenvalue weighted by Gasteiger charge is -2.31. The number of quaternary nitrogens is 1. The van der Waals surface area contributed by atoms with Gasteiger partial charge in [0, 0.05) is 5.56 Å². The highest BCUT2D eigenvalue weighted by Gasteiger charge is 2.30. The van der Waals surface area contributed by atoms with Gasteiger partial charge in [0.05, 0.1) is 26.2 Å². The van der Waals surface area contributed by atoms with Crippen molar-refractivity contribution < 1.29 is 13.3 Å². The topological polar surface area (TPSA) is 41.8 Å². The summed E-state index contributed by atoms with van der Waals surface area (Å²) < 4.78 is 27.0. The van der Waals surface area contributed by atoms with Crippen LogP contribution in [0.4, 0.5) is 0 Å². The number of sulfonamides is 1. The fraction of sp³-hybridized carbons (Fsp3) is 0.375. The van der Waals surface area contributed by atoms with Crippen LogP contribution >= 0.6 is 11.3 Å². The number of nitrogens with zero attached hydrogens (tertiary/aromatic N) is 1. The summed E-state index contributed by atoms with van der Waals surface area (Å²) in [6.07, 6.45) is 0. The summed E-state index contributed by atoms with van der Waals surface area (Å²) in [7, 11) is -3.28. The molecule has 1 N–H and O–H groups in total. The minimum Gasteiger partial charge on any atom is -0.329 e. The highest BCUT2D eigenvalue weighted by molar-refractivity contribution is 7.91. The van der Waals surface area contributed by atoms with Crippen LogP contribution in [0.1, 0.15) is 11.1 Å². The minimum atomic E-state index is -3.28. The molecule has 0 atom stereocenters. The van der Waals surface area contributed by atoms with Gasteiger partial charge in [0.2, 0.25) is 0 Å². The number of benzene rings is 1. The van der Waals surface area contributed by atoms with Crippen LogP contribution in [0.5, 0.6) is 0 Å². The Morgan fingerprint density at radius 3 is 2.59 bits per heavy atom. The third kappa shape index (κ3) is 3.41. The van der Waals surface area contributed by atoms with Crippen LogP contribution in [-0.2, 0) is 16.6 Å². The second-order valence-corrected chi connectivity index (χ2v) is 8.86. The highest BCUT2D eigenvalue weighted by atomic mass is 32.2. The van der Waals surface area contributed by atoms with Crippen LogP contribution < -0.4 is 4.90 Å². The Kier molecular flexibility index (Phi) is 4.63. The van der Waals surface area contributed by atoms with Gasteiger partial charge in [0.1, 0.15) is 10.8 Å². The first-order valence-electron chi connectivity index (χ1n) is 7.48. The van der Waals surface area contributed by atoms with E-state index in [9.17, 15) is 8.42 Å². The molecule has 1 aliphatic heterocycles. The van der Waals surface area contributed by atoms with Crippen LogP contribution in [0.2, 0.25) is 0 Å². The molecule has 0 radical (unpaired) electrons. The molecule has 118 valence electrons. The Bertz CT molecular complexity index is 718. The summed E-state index contributed by atoms with van der Waals surface area (Å²) in [4.78, 5) is 1.45. The maximum atomic E-state index is 12.5. The zero-order valence-corrected chi connectivity index (χ0v) is 14.3. The summed E-state index contributed by atoms with van der Waals surface area (Å²) in [5.74, 6) is 0. The first-order chi connectivity index (χ1) is 10.6. The number of hydrogen-bond acceptors (Lipinski definition) is 3. The summed E-state index contributed by atoms with van der Waals surface area (Å²) in [5, 5.41) is 1.81. The Hall–Kier alpha value is -1.21. The smallest absolute Gasteiger partial charge is 0.252 e. The molecule has 22 heavy (non-hydrogen) atoms. The molecule has 0 saturated carbocycles. The number of aryl methyl sites for hydroxylation is 1. The van der Waals surface area contributed by atoms with Crippen molar-refractivity contribution >= 4 is 21.4 Å². The maximum Gasteiger partial charge on any atom is 0.252 e. The SMILES string of the molecule is Cc1cccc(C[NH+]2CCN(S(=O)(=O)c3cccs3)CC2)c1. The van der Waals surface area contributed by atoms with Crippen LogP contribution in [0, 0.1) is 6.92 Å². The third-order valence-electron chi connectivity index (χ3n) is 4.06. The van der Waals surface area contributed by atoms with E-state index in [0.29, 0.717) is 17.3 Å². The van der Waals surface area contributed by atoms with Gasteiger partial charge in [-0.2, -0.15) is 4.31 Å². The van der Waals surface area contributed by atoms with Crippen molar-refractivity contribution in [2.75, 3.05) is 26.2 Å². The minimum absolute atomic E-state index is 0.453. The summed E-state index contributed by atoms with van der Waals surface area (Å²) in [6, 6.07) is 12.0. The van der Waals surface area contributed by atoms with E-state index in [2.05, 4.69) is 31.2 Å². The molecular formula is C16H21N2O2S2+. The van der Waals surface area contributed by atoms with Crippen molar-refractivity contribution in [3.63, 3.8) is 0 Å². The summed E-state index contributed by atoms with van der Waals surface area (Å²) in [6.45, 7) is 5.98. The molecule has 2 aromatic rings. The molecule has 0 aliphatic carbocycles. The number of thiophene rings is 1. The van der Waals surface area contributed by atoms with E-state index in [4.69, 9.17) is 0 Å². The molecule has 0 spiro atoms. The lowest BCUT2D eigenvalue weighted by Crippen LogP contribution is -3.13. The third-order valence-corrected chi connectivity index (χ3v) is 7.33. The van der Waals surface area contributed by atoms with Crippen molar-refractivity contribution in [3.05, 3.63) is 52.9 Å². The molecule has 4 nitrogen and oxygen atoms in total. The van der Waals surface area contributed by atoms with Gasteiger partial charge in [-0.1, -0.05) is 35.9 Å². The molecule has 0 unspecified atom stereocenters. The maximum absolute atomic E-state index is 12.5. The van der Waals surface area contributed by atoms with Gasteiger partial charge in [-0.3, -0.25) is 0 Å². The lowest BCUT2D eigenvalue weighted by molar-refractivity contribution is -0.917. The second kappa shape index (κ2) is 6.50. The largest absolute Gasteiger partial charge is 0.329 e. The van der Waals surface area contributed by atoms with E-state index in [1.807, 2.05) is 5.38 Å². The number of rotatable bonds is 4. The molecule has 1 fully saturated rings. The van der Waals surface area contributed by atoms with Gasteiger partial charge in [0.15, 0.2) is 0 Å². The van der Waals surface area contributed by atoms with Gasteiger partial charge < -0.3 is 4.90 Å². The van der Waals surface area contributed by atoms with Crippen molar-refractivity contribution in [2.45, 2.75) is 17.7 Å². The van der Waals surface area contributed by atoms with Crippen LogP contribution in [-0.4, -0.2) is 38.9 Å². The van der Waals surface area contributed by atoms with Gasteiger partial charge in [-0.15, -0.1) is 11.3 Å². The molecule has 0 bridgehead atoms. The molecule has 2 heterocycles. The van der Waals surface area contributed by atoms with Crippen molar-refractivity contribution in [2.24, 2.45) is 0 Å². The monoisotopic (exact) mass is 337 g/mol. The molecule has 1 aromatic heterocycles. The van der Waals surface area contributed by atoms with E-state index < -0.39 is 10.0 Å². The Morgan fingerprint density at radius 1 is 1.18 bits per heavy atom. The zero-order valence-electron chi connectivity index (χ0n) is 12.7. The fourth-order valence-electron chi connectivity index (χ4n) is 2.87. The number of nitrogens with one attached hydrogen (secondary N) is 1. The zero-order chi connectivity index (χ0) is 15.6. The standard InChI is InChI=1S/C16H20N2O2S2/c1-14-4-2-5-15(12-14)13-17-7-9-18(10-8-17)22(19,20)16-6-3-11-21-16/h2-6,11-12H,7-10,13H2,1H3/p+1. The van der Waals surface area contributed by atoms with E-state index in [1.54, 1.807) is 16.4 Å². The average Bonchev–Trinajstić information content (AvgIpc) is 3.03. The number of hydrogen-bond donors (Lipinski definition) is 1. The summed E-state index contributed by atoms with van der Waals surface area (Å²) in [5.41, 5.74) is 2.60. The molecule has 3 rings (SSSR count). The van der Waals surface area contributed by atoms with Gasteiger partial charge in [-0.25, -0.2) is 8.42 Å². The van der Waals surface area contributed by atoms with Crippen LogP contribution in [0.15, 0.2) is 46.0 Å². The van der Waals surface area contributed by atoms with Crippen LogP contribution in [0.3, 0.4) is 0 Å². The van der Waals surface area contributed by atoms with Gasteiger partial charge in [-0.05, 0) is 18.4 Å². The molecular weight excluding hydrogens is 316 g/mol. The molecule has 1 aliphatic rings. The van der Waals surface area contributed by atoms with E-state index in [-0.39, 0.29) is 0 Å². The Balaban J connectivity index is 1.61. The van der Waals surface area contributed by atoms with Crippen molar-refractivity contribution in [3.8, 4) is 0 Å². The molecule has 1 aromatic carbocycles. The first kappa shape index (κ1) is 15.7. The van der Waals surface area contributed by atoms with Gasteiger partial charge >= 0.3 is 0 Å². The van der Waals surface area contributed by atoms with E-state index in [1.165, 1.54) is 27.4 Å². The van der Waals surface area contributed by atoms with Crippen LogP contribution in [0.25, 0.3) is 0 Å². The number of piperazine rings is 1.